The molecule has 0 aliphatic carbocycles. The molecule has 0 heterocycles. The third-order valence-electron chi connectivity index (χ3n) is 1.23. The highest BCUT2D eigenvalue weighted by Crippen LogP contribution is 2.32. The molecular weight excluding hydrogens is 223 g/mol. The van der Waals surface area contributed by atoms with Gasteiger partial charge in [0.05, 0.1) is 0 Å². The topological polar surface area (TPSA) is 84.6 Å². The van der Waals surface area contributed by atoms with Gasteiger partial charge in [-0.25, -0.2) is 10.3 Å². The molecule has 0 aromatic heterocycles. The monoisotopic (exact) mass is 232 g/mol. The number of rotatable bonds is 2. The standard InChI is InChI=1S/C7H9N2O3PS/c8-13(11,14)12-7(10)9-6-4-2-1-3-5-6/h1-5H,(H,9,10)(H3,8,11,14). The van der Waals surface area contributed by atoms with Crippen LogP contribution in [0.15, 0.2) is 30.3 Å². The second kappa shape index (κ2) is 4.52. The second-order valence-electron chi connectivity index (χ2n) is 2.43. The van der Waals surface area contributed by atoms with E-state index in [1.54, 1.807) is 30.3 Å². The molecule has 4 N–H and O–H groups in total. The van der Waals surface area contributed by atoms with E-state index in [9.17, 15) is 4.79 Å². The highest BCUT2D eigenvalue weighted by Gasteiger charge is 2.12. The first-order chi connectivity index (χ1) is 6.47. The molecule has 0 saturated carbocycles. The molecule has 0 aliphatic heterocycles. The van der Waals surface area contributed by atoms with E-state index in [4.69, 9.17) is 10.4 Å². The van der Waals surface area contributed by atoms with Crippen molar-refractivity contribution in [3.05, 3.63) is 30.3 Å². The van der Waals surface area contributed by atoms with Gasteiger partial charge in [-0.2, -0.15) is 0 Å². The second-order valence-corrected chi connectivity index (χ2v) is 5.31. The third kappa shape index (κ3) is 4.34. The zero-order valence-corrected chi connectivity index (χ0v) is 8.79. The van der Waals surface area contributed by atoms with Gasteiger partial charge in [0.2, 0.25) is 0 Å². The highest BCUT2D eigenvalue weighted by molar-refractivity contribution is 8.08. The lowest BCUT2D eigenvalue weighted by molar-refractivity contribution is 0.215. The number of para-hydroxylation sites is 1. The van der Waals surface area contributed by atoms with Crippen LogP contribution in [0.3, 0.4) is 0 Å². The molecule has 0 spiro atoms. The van der Waals surface area contributed by atoms with Crippen LogP contribution in [0.25, 0.3) is 0 Å². The number of hydrogen-bond acceptors (Lipinski definition) is 3. The van der Waals surface area contributed by atoms with Crippen LogP contribution in [0.5, 0.6) is 0 Å². The van der Waals surface area contributed by atoms with E-state index < -0.39 is 12.7 Å². The molecule has 0 bridgehead atoms. The number of anilines is 1. The van der Waals surface area contributed by atoms with Crippen LogP contribution in [0.4, 0.5) is 10.5 Å². The Morgan fingerprint density at radius 3 is 2.57 bits per heavy atom. The van der Waals surface area contributed by atoms with Crippen molar-refractivity contribution in [1.29, 1.82) is 0 Å². The Kier molecular flexibility index (Phi) is 3.60. The van der Waals surface area contributed by atoms with E-state index in [0.29, 0.717) is 5.69 Å². The maximum atomic E-state index is 11.0. The van der Waals surface area contributed by atoms with Crippen LogP contribution in [-0.4, -0.2) is 11.0 Å². The summed E-state index contributed by atoms with van der Waals surface area (Å²) in [6, 6.07) is 8.62. The van der Waals surface area contributed by atoms with Gasteiger partial charge in [-0.15, -0.1) is 0 Å². The summed E-state index contributed by atoms with van der Waals surface area (Å²) in [5, 5.41) is 2.36. The molecule has 1 aromatic rings. The summed E-state index contributed by atoms with van der Waals surface area (Å²) < 4.78 is 4.35. The molecular formula is C7H9N2O3PS. The van der Waals surface area contributed by atoms with Crippen molar-refractivity contribution in [3.63, 3.8) is 0 Å². The molecule has 1 aromatic carbocycles. The van der Waals surface area contributed by atoms with Gasteiger partial charge in [-0.3, -0.25) is 5.32 Å². The Labute approximate surface area is 86.1 Å². The number of nitrogens with one attached hydrogen (secondary N) is 1. The lowest BCUT2D eigenvalue weighted by Crippen LogP contribution is -2.14. The average Bonchev–Trinajstić information content (AvgIpc) is 2.02. The minimum Gasteiger partial charge on any atom is -0.384 e. The fourth-order valence-electron chi connectivity index (χ4n) is 0.781. The lowest BCUT2D eigenvalue weighted by Gasteiger charge is -2.10. The zero-order valence-electron chi connectivity index (χ0n) is 7.08. The molecule has 1 rings (SSSR count). The van der Waals surface area contributed by atoms with Crippen LogP contribution in [-0.2, 0) is 16.3 Å². The summed E-state index contributed by atoms with van der Waals surface area (Å²) in [4.78, 5) is 19.9. The molecule has 5 nitrogen and oxygen atoms in total. The van der Waals surface area contributed by atoms with Gasteiger partial charge in [0.15, 0.2) is 0 Å². The highest BCUT2D eigenvalue weighted by atomic mass is 32.5. The van der Waals surface area contributed by atoms with Gasteiger partial charge in [0.1, 0.15) is 0 Å². The number of benzene rings is 1. The van der Waals surface area contributed by atoms with Crippen molar-refractivity contribution >= 4 is 30.2 Å². The zero-order chi connectivity index (χ0) is 10.6. The molecule has 7 heteroatoms. The average molecular weight is 232 g/mol. The molecule has 1 amide bonds. The van der Waals surface area contributed by atoms with E-state index in [-0.39, 0.29) is 0 Å². The van der Waals surface area contributed by atoms with Crippen molar-refractivity contribution in [2.24, 2.45) is 5.50 Å². The van der Waals surface area contributed by atoms with E-state index in [0.717, 1.165) is 0 Å². The van der Waals surface area contributed by atoms with Crippen molar-refractivity contribution in [2.45, 2.75) is 0 Å². The molecule has 1 unspecified atom stereocenters. The third-order valence-corrected chi connectivity index (χ3v) is 1.88. The number of nitrogens with two attached hydrogens (primary N) is 1. The Morgan fingerprint density at radius 2 is 2.07 bits per heavy atom. The summed E-state index contributed by atoms with van der Waals surface area (Å²) in [6.07, 6.45) is -0.857. The van der Waals surface area contributed by atoms with E-state index in [1.165, 1.54) is 0 Å². The molecule has 1 atom stereocenters. The summed E-state index contributed by atoms with van der Waals surface area (Å²) >= 11 is 4.34. The lowest BCUT2D eigenvalue weighted by atomic mass is 10.3. The predicted molar refractivity (Wildman–Crippen MR) is 57.2 cm³/mol. The number of hydrogen-bond donors (Lipinski definition) is 3. The fraction of sp³-hybridized carbons (Fsp3) is 0. The van der Waals surface area contributed by atoms with Crippen LogP contribution in [0.1, 0.15) is 0 Å². The largest absolute Gasteiger partial charge is 0.417 e. The van der Waals surface area contributed by atoms with Crippen LogP contribution >= 0.6 is 6.64 Å². The first-order valence-corrected chi connectivity index (χ1v) is 6.38. The Hall–Kier alpha value is -0.940. The van der Waals surface area contributed by atoms with E-state index in [1.807, 2.05) is 0 Å². The van der Waals surface area contributed by atoms with Gasteiger partial charge < -0.3 is 9.42 Å². The minimum absolute atomic E-state index is 0.543. The number of carbonyl (C=O) groups excluding carboxylic acids is 1. The molecule has 76 valence electrons. The minimum atomic E-state index is -3.44. The van der Waals surface area contributed by atoms with Crippen LogP contribution < -0.4 is 10.8 Å². The first-order valence-electron chi connectivity index (χ1n) is 3.64. The number of amides is 1. The normalized spacial score (nSPS) is 14.1. The predicted octanol–water partition coefficient (Wildman–Crippen LogP) is 1.41. The molecule has 0 saturated heterocycles. The van der Waals surface area contributed by atoms with Gasteiger partial charge in [0, 0.05) is 5.69 Å². The Balaban J connectivity index is 2.55. The van der Waals surface area contributed by atoms with Gasteiger partial charge >= 0.3 is 12.7 Å². The van der Waals surface area contributed by atoms with Crippen LogP contribution in [0.2, 0.25) is 0 Å². The van der Waals surface area contributed by atoms with E-state index in [2.05, 4.69) is 21.6 Å². The molecule has 0 radical (unpaired) electrons. The van der Waals surface area contributed by atoms with Crippen molar-refractivity contribution < 1.29 is 14.2 Å². The SMILES string of the molecule is NP(O)(=S)OC(=O)Nc1ccccc1. The Morgan fingerprint density at radius 1 is 1.50 bits per heavy atom. The maximum Gasteiger partial charge on any atom is 0.417 e. The Bertz CT molecular complexity index is 364. The first kappa shape index (κ1) is 11.1. The smallest absolute Gasteiger partial charge is 0.384 e. The molecule has 14 heavy (non-hydrogen) atoms. The maximum absolute atomic E-state index is 11.0. The van der Waals surface area contributed by atoms with Crippen molar-refractivity contribution in [1.82, 2.24) is 0 Å². The van der Waals surface area contributed by atoms with Gasteiger partial charge in [-0.1, -0.05) is 18.2 Å². The van der Waals surface area contributed by atoms with E-state index >= 15 is 0 Å². The van der Waals surface area contributed by atoms with Gasteiger partial charge in [-0.05, 0) is 23.9 Å². The summed E-state index contributed by atoms with van der Waals surface area (Å²) in [6.45, 7) is -3.44. The van der Waals surface area contributed by atoms with Crippen molar-refractivity contribution in [2.75, 3.05) is 5.32 Å². The number of carbonyl (C=O) groups is 1. The molecule has 0 aliphatic rings. The quantitative estimate of drug-likeness (QED) is 0.671. The molecule has 0 fully saturated rings. The summed E-state index contributed by atoms with van der Waals surface area (Å²) in [5.74, 6) is 0. The summed E-state index contributed by atoms with van der Waals surface area (Å²) in [5.41, 5.74) is 5.53. The van der Waals surface area contributed by atoms with Gasteiger partial charge in [0.25, 0.3) is 0 Å². The van der Waals surface area contributed by atoms with Crippen molar-refractivity contribution in [3.8, 4) is 0 Å². The fourth-order valence-corrected chi connectivity index (χ4v) is 1.27. The van der Waals surface area contributed by atoms with Crippen LogP contribution in [0, 0.1) is 0 Å². The summed E-state index contributed by atoms with van der Waals surface area (Å²) in [7, 11) is 0.